The molecule has 0 bridgehead atoms. The van der Waals surface area contributed by atoms with E-state index in [9.17, 15) is 4.79 Å². The monoisotopic (exact) mass is 150 g/mol. The van der Waals surface area contributed by atoms with Crippen molar-refractivity contribution in [2.75, 3.05) is 6.61 Å². The Labute approximate surface area is 62.5 Å². The molecule has 1 aromatic rings. The molecule has 1 N–H and O–H groups in total. The number of nitrogens with zero attached hydrogens (tertiary/aromatic N) is 1. The van der Waals surface area contributed by atoms with Crippen molar-refractivity contribution in [3.8, 4) is 5.75 Å². The Bertz CT molecular complexity index is 354. The maximum atomic E-state index is 11.0. The fourth-order valence-corrected chi connectivity index (χ4v) is 0.950. The number of fused-ring (bicyclic) bond motifs is 1. The highest BCUT2D eigenvalue weighted by molar-refractivity contribution is 5.53. The first-order valence-corrected chi connectivity index (χ1v) is 3.25. The number of H-pyrrole nitrogens is 1. The van der Waals surface area contributed by atoms with Crippen molar-refractivity contribution in [1.82, 2.24) is 9.97 Å². The summed E-state index contributed by atoms with van der Waals surface area (Å²) in [6.07, 6.45) is 4.95. The van der Waals surface area contributed by atoms with Crippen LogP contribution < -0.4 is 10.3 Å². The Morgan fingerprint density at radius 2 is 2.55 bits per heavy atom. The molecule has 0 saturated carbocycles. The van der Waals surface area contributed by atoms with Gasteiger partial charge >= 0.3 is 0 Å². The molecule has 56 valence electrons. The molecule has 0 fully saturated rings. The minimum Gasteiger partial charge on any atom is -0.482 e. The minimum atomic E-state index is -0.223. The van der Waals surface area contributed by atoms with Crippen LogP contribution in [0, 0.1) is 0 Å². The van der Waals surface area contributed by atoms with Gasteiger partial charge in [0.2, 0.25) is 5.75 Å². The summed E-state index contributed by atoms with van der Waals surface area (Å²) in [6, 6.07) is 0. The highest BCUT2D eigenvalue weighted by Crippen LogP contribution is 2.13. The van der Waals surface area contributed by atoms with Gasteiger partial charge < -0.3 is 9.72 Å². The normalized spacial score (nSPS) is 13.8. The molecule has 1 aromatic heterocycles. The summed E-state index contributed by atoms with van der Waals surface area (Å²) in [5.41, 5.74) is 0.374. The van der Waals surface area contributed by atoms with Gasteiger partial charge in [0.1, 0.15) is 12.3 Å². The minimum absolute atomic E-state index is 0.223. The quantitative estimate of drug-likeness (QED) is 0.573. The van der Waals surface area contributed by atoms with E-state index in [2.05, 4.69) is 9.97 Å². The van der Waals surface area contributed by atoms with Gasteiger partial charge in [0.05, 0.1) is 6.33 Å². The summed E-state index contributed by atoms with van der Waals surface area (Å²) in [5, 5.41) is 0. The van der Waals surface area contributed by atoms with E-state index < -0.39 is 0 Å². The van der Waals surface area contributed by atoms with Crippen LogP contribution in [0.4, 0.5) is 0 Å². The average Bonchev–Trinajstić information content (AvgIpc) is 2.06. The molecule has 2 heterocycles. The number of hydrogen-bond acceptors (Lipinski definition) is 3. The first-order valence-electron chi connectivity index (χ1n) is 3.25. The number of ether oxygens (including phenoxy) is 1. The van der Waals surface area contributed by atoms with Crippen molar-refractivity contribution < 1.29 is 4.74 Å². The Kier molecular flexibility index (Phi) is 1.25. The maximum absolute atomic E-state index is 11.0. The van der Waals surface area contributed by atoms with Crippen LogP contribution in [-0.2, 0) is 0 Å². The summed E-state index contributed by atoms with van der Waals surface area (Å²) in [4.78, 5) is 17.4. The first-order chi connectivity index (χ1) is 5.38. The van der Waals surface area contributed by atoms with Crippen molar-refractivity contribution in [2.24, 2.45) is 0 Å². The summed E-state index contributed by atoms with van der Waals surface area (Å²) < 4.78 is 5.06. The highest BCUT2D eigenvalue weighted by atomic mass is 16.5. The topological polar surface area (TPSA) is 55.0 Å². The van der Waals surface area contributed by atoms with E-state index in [0.717, 1.165) is 0 Å². The molecular weight excluding hydrogens is 144 g/mol. The zero-order chi connectivity index (χ0) is 7.68. The number of hydrogen-bond donors (Lipinski definition) is 1. The Morgan fingerprint density at radius 1 is 1.64 bits per heavy atom. The van der Waals surface area contributed by atoms with Gasteiger partial charge in [-0.1, -0.05) is 0 Å². The molecule has 4 heteroatoms. The molecule has 0 saturated heterocycles. The number of nitrogens with one attached hydrogen (secondary N) is 1. The molecule has 11 heavy (non-hydrogen) atoms. The summed E-state index contributed by atoms with van der Waals surface area (Å²) in [6.45, 7) is 0.446. The Balaban J connectivity index is 2.69. The second-order valence-electron chi connectivity index (χ2n) is 2.16. The van der Waals surface area contributed by atoms with Crippen molar-refractivity contribution >= 4 is 6.08 Å². The molecule has 0 atom stereocenters. The molecule has 0 unspecified atom stereocenters. The van der Waals surface area contributed by atoms with Crippen LogP contribution in [0.15, 0.2) is 17.2 Å². The molecule has 4 nitrogen and oxygen atoms in total. The van der Waals surface area contributed by atoms with Crippen LogP contribution >= 0.6 is 0 Å². The smallest absolute Gasteiger partial charge is 0.293 e. The summed E-state index contributed by atoms with van der Waals surface area (Å²) >= 11 is 0. The second kappa shape index (κ2) is 2.23. The molecule has 0 spiro atoms. The predicted molar refractivity (Wildman–Crippen MR) is 39.4 cm³/mol. The van der Waals surface area contributed by atoms with Gasteiger partial charge in [0.15, 0.2) is 0 Å². The van der Waals surface area contributed by atoms with Gasteiger partial charge in [0.25, 0.3) is 5.56 Å². The SMILES string of the molecule is O=c1[nH]cnc2c1OCC=C2. The van der Waals surface area contributed by atoms with E-state index >= 15 is 0 Å². The highest BCUT2D eigenvalue weighted by Gasteiger charge is 2.09. The summed E-state index contributed by atoms with van der Waals surface area (Å²) in [5.74, 6) is 0.315. The first kappa shape index (κ1) is 6.15. The fourth-order valence-electron chi connectivity index (χ4n) is 0.950. The van der Waals surface area contributed by atoms with Crippen LogP contribution in [0.2, 0.25) is 0 Å². The lowest BCUT2D eigenvalue weighted by molar-refractivity contribution is 0.350. The Hall–Kier alpha value is -1.58. The third-order valence-electron chi connectivity index (χ3n) is 1.44. The zero-order valence-electron chi connectivity index (χ0n) is 5.70. The van der Waals surface area contributed by atoms with Gasteiger partial charge in [-0.15, -0.1) is 0 Å². The van der Waals surface area contributed by atoms with E-state index in [1.807, 2.05) is 6.08 Å². The van der Waals surface area contributed by atoms with E-state index in [4.69, 9.17) is 4.74 Å². The standard InChI is InChI=1S/C7H6N2O2/c10-7-6-5(8-4-9-7)2-1-3-11-6/h1-2,4H,3H2,(H,8,9,10). The summed E-state index contributed by atoms with van der Waals surface area (Å²) in [7, 11) is 0. The fraction of sp³-hybridized carbons (Fsp3) is 0.143. The largest absolute Gasteiger partial charge is 0.482 e. The molecule has 1 aliphatic rings. The molecule has 0 radical (unpaired) electrons. The van der Waals surface area contributed by atoms with Crippen molar-refractivity contribution in [1.29, 1.82) is 0 Å². The van der Waals surface area contributed by atoms with E-state index in [1.165, 1.54) is 6.33 Å². The Morgan fingerprint density at radius 3 is 3.36 bits per heavy atom. The third kappa shape index (κ3) is 0.920. The molecule has 2 rings (SSSR count). The van der Waals surface area contributed by atoms with Gasteiger partial charge in [-0.2, -0.15) is 0 Å². The van der Waals surface area contributed by atoms with E-state index in [1.54, 1.807) is 6.08 Å². The lowest BCUT2D eigenvalue weighted by Gasteiger charge is -2.08. The van der Waals surface area contributed by atoms with Gasteiger partial charge in [0, 0.05) is 0 Å². The van der Waals surface area contributed by atoms with Crippen molar-refractivity contribution in [2.45, 2.75) is 0 Å². The number of rotatable bonds is 0. The number of aromatic amines is 1. The molecule has 0 aliphatic carbocycles. The van der Waals surface area contributed by atoms with Crippen LogP contribution in [0.1, 0.15) is 5.69 Å². The van der Waals surface area contributed by atoms with Crippen LogP contribution in [-0.4, -0.2) is 16.6 Å². The van der Waals surface area contributed by atoms with E-state index in [-0.39, 0.29) is 5.56 Å². The van der Waals surface area contributed by atoms with Crippen molar-refractivity contribution in [3.63, 3.8) is 0 Å². The third-order valence-corrected chi connectivity index (χ3v) is 1.44. The molecule has 0 amide bonds. The van der Waals surface area contributed by atoms with Gasteiger partial charge in [-0.05, 0) is 12.2 Å². The van der Waals surface area contributed by atoms with Gasteiger partial charge in [-0.25, -0.2) is 4.98 Å². The van der Waals surface area contributed by atoms with Crippen LogP contribution in [0.3, 0.4) is 0 Å². The van der Waals surface area contributed by atoms with Crippen LogP contribution in [0.25, 0.3) is 6.08 Å². The molecule has 1 aliphatic heterocycles. The lowest BCUT2D eigenvalue weighted by Crippen LogP contribution is -2.15. The number of aromatic nitrogens is 2. The molecule has 0 aromatic carbocycles. The molecular formula is C7H6N2O2. The second-order valence-corrected chi connectivity index (χ2v) is 2.16. The van der Waals surface area contributed by atoms with Crippen molar-refractivity contribution in [3.05, 3.63) is 28.5 Å². The predicted octanol–water partition coefficient (Wildman–Crippen LogP) is 0.176. The zero-order valence-corrected chi connectivity index (χ0v) is 5.70. The average molecular weight is 150 g/mol. The maximum Gasteiger partial charge on any atom is 0.293 e. The lowest BCUT2D eigenvalue weighted by atomic mass is 10.3. The van der Waals surface area contributed by atoms with Gasteiger partial charge in [-0.3, -0.25) is 4.79 Å². The van der Waals surface area contributed by atoms with Crippen LogP contribution in [0.5, 0.6) is 5.75 Å². The van der Waals surface area contributed by atoms with E-state index in [0.29, 0.717) is 18.1 Å².